The molecule has 0 saturated carbocycles. The highest BCUT2D eigenvalue weighted by atomic mass is 16.6. The van der Waals surface area contributed by atoms with E-state index in [9.17, 15) is 15.2 Å². The highest BCUT2D eigenvalue weighted by Crippen LogP contribution is 2.35. The molecule has 2 saturated heterocycles. The highest BCUT2D eigenvalue weighted by molar-refractivity contribution is 5.34. The van der Waals surface area contributed by atoms with Crippen molar-refractivity contribution in [2.75, 3.05) is 39.3 Å². The Balaban J connectivity index is 1.30. The third-order valence-corrected chi connectivity index (χ3v) is 6.84. The van der Waals surface area contributed by atoms with Crippen molar-refractivity contribution in [2.45, 2.75) is 50.7 Å². The number of likely N-dealkylation sites (tertiary alicyclic amines) is 2. The van der Waals surface area contributed by atoms with Crippen molar-refractivity contribution in [3.05, 3.63) is 69.8 Å². The van der Waals surface area contributed by atoms with E-state index >= 15 is 0 Å². The number of aliphatic hydroxyl groups excluding tert-OH is 1. The number of nitro groups is 1. The first-order chi connectivity index (χ1) is 16.1. The molecule has 0 aromatic heterocycles. The minimum absolute atomic E-state index is 0.0396. The molecule has 2 unspecified atom stereocenters. The largest absolute Gasteiger partial charge is 0.494 e. The number of ether oxygens (including phenoxy) is 1. The second-order valence-corrected chi connectivity index (χ2v) is 9.19. The average molecular weight is 454 g/mol. The molecule has 2 aromatic rings. The predicted octanol–water partition coefficient (Wildman–Crippen LogP) is 4.72. The van der Waals surface area contributed by atoms with Crippen molar-refractivity contribution in [3.8, 4) is 5.75 Å². The number of rotatable bonds is 10. The predicted molar refractivity (Wildman–Crippen MR) is 128 cm³/mol. The summed E-state index contributed by atoms with van der Waals surface area (Å²) in [6.45, 7) is 5.71. The Kier molecular flexibility index (Phi) is 8.31. The SMILES string of the molecule is O=[N+]([O-])c1ccc(C(O)CN2CCCC2c2cccc(OCCCN3CCCCC3)c2)cc1. The zero-order valence-electron chi connectivity index (χ0n) is 19.3. The van der Waals surface area contributed by atoms with E-state index in [1.54, 1.807) is 12.1 Å². The molecule has 1 N–H and O–H groups in total. The molecule has 0 radical (unpaired) electrons. The third kappa shape index (κ3) is 6.53. The van der Waals surface area contributed by atoms with Gasteiger partial charge in [0, 0.05) is 31.3 Å². The van der Waals surface area contributed by atoms with Gasteiger partial charge in [-0.05, 0) is 87.1 Å². The van der Waals surface area contributed by atoms with Gasteiger partial charge in [-0.1, -0.05) is 18.6 Å². The second kappa shape index (κ2) is 11.6. The molecule has 4 rings (SSSR count). The van der Waals surface area contributed by atoms with Gasteiger partial charge in [0.25, 0.3) is 5.69 Å². The monoisotopic (exact) mass is 453 g/mol. The molecule has 2 aromatic carbocycles. The van der Waals surface area contributed by atoms with Crippen LogP contribution in [0.25, 0.3) is 0 Å². The number of hydrogen-bond acceptors (Lipinski definition) is 6. The van der Waals surface area contributed by atoms with Crippen LogP contribution in [0.1, 0.15) is 61.8 Å². The smallest absolute Gasteiger partial charge is 0.269 e. The maximum atomic E-state index is 10.9. The van der Waals surface area contributed by atoms with Crippen LogP contribution >= 0.6 is 0 Å². The Morgan fingerprint density at radius 2 is 1.85 bits per heavy atom. The normalized spacial score (nSPS) is 20.6. The number of nitro benzene ring substituents is 1. The first kappa shape index (κ1) is 23.7. The van der Waals surface area contributed by atoms with Crippen molar-refractivity contribution >= 4 is 5.69 Å². The van der Waals surface area contributed by atoms with Crippen molar-refractivity contribution in [3.63, 3.8) is 0 Å². The van der Waals surface area contributed by atoms with Crippen molar-refractivity contribution in [1.29, 1.82) is 0 Å². The summed E-state index contributed by atoms with van der Waals surface area (Å²) in [7, 11) is 0. The fraction of sp³-hybridized carbons (Fsp3) is 0.538. The summed E-state index contributed by atoms with van der Waals surface area (Å²) in [6.07, 6.45) is 6.49. The lowest BCUT2D eigenvalue weighted by molar-refractivity contribution is -0.384. The fourth-order valence-electron chi connectivity index (χ4n) is 5.04. The summed E-state index contributed by atoms with van der Waals surface area (Å²) >= 11 is 0. The molecule has 2 fully saturated rings. The van der Waals surface area contributed by atoms with E-state index in [0.717, 1.165) is 44.7 Å². The summed E-state index contributed by atoms with van der Waals surface area (Å²) in [4.78, 5) is 15.3. The van der Waals surface area contributed by atoms with Crippen LogP contribution in [0.4, 0.5) is 5.69 Å². The van der Waals surface area contributed by atoms with E-state index in [1.807, 2.05) is 6.07 Å². The van der Waals surface area contributed by atoms with Gasteiger partial charge in [0.05, 0.1) is 17.6 Å². The third-order valence-electron chi connectivity index (χ3n) is 6.84. The molecular weight excluding hydrogens is 418 g/mol. The Morgan fingerprint density at radius 3 is 2.61 bits per heavy atom. The van der Waals surface area contributed by atoms with Crippen LogP contribution < -0.4 is 4.74 Å². The number of benzene rings is 2. The zero-order chi connectivity index (χ0) is 23.0. The first-order valence-electron chi connectivity index (χ1n) is 12.2. The highest BCUT2D eigenvalue weighted by Gasteiger charge is 2.28. The number of piperidine rings is 1. The number of β-amino-alcohol motifs (C(OH)–C–C–N with tert-alkyl or cyclic N) is 1. The van der Waals surface area contributed by atoms with Crippen molar-refractivity contribution in [1.82, 2.24) is 9.80 Å². The van der Waals surface area contributed by atoms with Gasteiger partial charge in [-0.15, -0.1) is 0 Å². The van der Waals surface area contributed by atoms with Gasteiger partial charge in [0.1, 0.15) is 5.75 Å². The molecule has 0 aliphatic carbocycles. The van der Waals surface area contributed by atoms with Gasteiger partial charge in [-0.3, -0.25) is 15.0 Å². The molecule has 33 heavy (non-hydrogen) atoms. The average Bonchev–Trinajstić information content (AvgIpc) is 3.31. The Morgan fingerprint density at radius 1 is 1.06 bits per heavy atom. The van der Waals surface area contributed by atoms with E-state index in [0.29, 0.717) is 12.1 Å². The molecule has 0 bridgehead atoms. The van der Waals surface area contributed by atoms with Crippen LogP contribution in [0, 0.1) is 10.1 Å². The molecule has 7 nitrogen and oxygen atoms in total. The van der Waals surface area contributed by atoms with E-state index in [-0.39, 0.29) is 11.7 Å². The quantitative estimate of drug-likeness (QED) is 0.319. The molecule has 0 spiro atoms. The van der Waals surface area contributed by atoms with Crippen molar-refractivity contribution < 1.29 is 14.8 Å². The molecule has 7 heteroatoms. The molecule has 0 amide bonds. The minimum atomic E-state index is -0.680. The lowest BCUT2D eigenvalue weighted by Gasteiger charge is -2.27. The van der Waals surface area contributed by atoms with Gasteiger partial charge >= 0.3 is 0 Å². The molecule has 2 aliphatic rings. The molecular formula is C26H35N3O4. The van der Waals surface area contributed by atoms with Crippen molar-refractivity contribution in [2.24, 2.45) is 0 Å². The number of hydrogen-bond donors (Lipinski definition) is 1. The summed E-state index contributed by atoms with van der Waals surface area (Å²) < 4.78 is 6.06. The molecule has 178 valence electrons. The topological polar surface area (TPSA) is 79.1 Å². The van der Waals surface area contributed by atoms with Crippen LogP contribution in [-0.2, 0) is 0 Å². The van der Waals surface area contributed by atoms with Crippen LogP contribution in [0.5, 0.6) is 5.75 Å². The van der Waals surface area contributed by atoms with Gasteiger partial charge in [0.15, 0.2) is 0 Å². The summed E-state index contributed by atoms with van der Waals surface area (Å²) in [5.41, 5.74) is 1.96. The lowest BCUT2D eigenvalue weighted by Crippen LogP contribution is -2.31. The van der Waals surface area contributed by atoms with E-state index in [4.69, 9.17) is 4.74 Å². The zero-order valence-corrected chi connectivity index (χ0v) is 19.3. The van der Waals surface area contributed by atoms with E-state index < -0.39 is 11.0 Å². The molecule has 2 atom stereocenters. The van der Waals surface area contributed by atoms with Gasteiger partial charge < -0.3 is 14.7 Å². The fourth-order valence-corrected chi connectivity index (χ4v) is 5.04. The second-order valence-electron chi connectivity index (χ2n) is 9.19. The van der Waals surface area contributed by atoms with Crippen LogP contribution in [0.2, 0.25) is 0 Å². The summed E-state index contributed by atoms with van der Waals surface area (Å²) in [5, 5.41) is 21.6. The maximum absolute atomic E-state index is 10.9. The van der Waals surface area contributed by atoms with Crippen LogP contribution in [-0.4, -0.2) is 59.2 Å². The molecule has 2 aliphatic heterocycles. The minimum Gasteiger partial charge on any atom is -0.494 e. The van der Waals surface area contributed by atoms with E-state index in [2.05, 4.69) is 28.0 Å². The maximum Gasteiger partial charge on any atom is 0.269 e. The standard InChI is InChI=1S/C26H35N3O4/c30-26(21-10-12-23(13-11-21)29(31)32)20-28-17-5-9-25(28)22-7-4-8-24(19-22)33-18-6-16-27-14-2-1-3-15-27/h4,7-8,10-13,19,25-26,30H,1-3,5-6,9,14-18,20H2. The summed E-state index contributed by atoms with van der Waals surface area (Å²) in [6, 6.07) is 14.8. The van der Waals surface area contributed by atoms with Crippen LogP contribution in [0.15, 0.2) is 48.5 Å². The lowest BCUT2D eigenvalue weighted by atomic mass is 10.0. The summed E-state index contributed by atoms with van der Waals surface area (Å²) in [5.74, 6) is 0.911. The van der Waals surface area contributed by atoms with Gasteiger partial charge in [0.2, 0.25) is 0 Å². The Hall–Kier alpha value is -2.48. The Bertz CT molecular complexity index is 899. The first-order valence-corrected chi connectivity index (χ1v) is 12.2. The number of aliphatic hydroxyl groups is 1. The van der Waals surface area contributed by atoms with Gasteiger partial charge in [-0.25, -0.2) is 0 Å². The molecule has 2 heterocycles. The Labute approximate surface area is 196 Å². The van der Waals surface area contributed by atoms with Crippen LogP contribution in [0.3, 0.4) is 0 Å². The number of non-ortho nitro benzene ring substituents is 1. The van der Waals surface area contributed by atoms with Gasteiger partial charge in [-0.2, -0.15) is 0 Å². The van der Waals surface area contributed by atoms with E-state index in [1.165, 1.54) is 50.0 Å². The number of nitrogens with zero attached hydrogens (tertiary/aromatic N) is 3.